The Morgan fingerprint density at radius 1 is 1.32 bits per heavy atom. The monoisotopic (exact) mass is 370 g/mol. The Hall–Kier alpha value is -0.840. The zero-order valence-corrected chi connectivity index (χ0v) is 13.7. The van der Waals surface area contributed by atoms with Gasteiger partial charge in [-0.2, -0.15) is 0 Å². The fourth-order valence-corrected chi connectivity index (χ4v) is 2.82. The Morgan fingerprint density at radius 2 is 2.21 bits per heavy atom. The molecule has 2 heterocycles. The first-order chi connectivity index (χ1) is 8.88. The number of fused-ring (bicyclic) bond motifs is 1. The Bertz CT molecular complexity index is 589. The molecule has 0 bridgehead atoms. The van der Waals surface area contributed by atoms with Gasteiger partial charge in [0.1, 0.15) is 5.65 Å². The van der Waals surface area contributed by atoms with Crippen molar-refractivity contribution in [2.45, 2.75) is 45.4 Å². The lowest BCUT2D eigenvalue weighted by Gasteiger charge is -2.01. The van der Waals surface area contributed by atoms with E-state index in [0.717, 1.165) is 12.1 Å². The third kappa shape index (κ3) is 3.02. The van der Waals surface area contributed by atoms with Crippen molar-refractivity contribution in [2.24, 2.45) is 0 Å². The molecule has 0 spiro atoms. The predicted octanol–water partition coefficient (Wildman–Crippen LogP) is 5.34. The average Bonchev–Trinajstić information content (AvgIpc) is 2.65. The second kappa shape index (κ2) is 6.55. The number of rotatable bonds is 2. The molecule has 1 aliphatic rings. The first kappa shape index (κ1) is 14.6. The number of allylic oxidation sites excluding steroid dienone is 2. The van der Waals surface area contributed by atoms with E-state index in [4.69, 9.17) is 0 Å². The minimum absolute atomic E-state index is 0. The number of H-pyrrole nitrogens is 1. The Kier molecular flexibility index (Phi) is 5.02. The van der Waals surface area contributed by atoms with Gasteiger partial charge >= 0.3 is 0 Å². The molecule has 0 amide bonds. The van der Waals surface area contributed by atoms with Crippen LogP contribution in [0.2, 0.25) is 0 Å². The smallest absolute Gasteiger partial charge is 0.137 e. The number of pyridine rings is 1. The number of hydrogen-bond acceptors (Lipinski definition) is 1. The van der Waals surface area contributed by atoms with Crippen LogP contribution in [-0.4, -0.2) is 9.97 Å². The molecule has 0 saturated heterocycles. The Balaban J connectivity index is 0.000001000. The van der Waals surface area contributed by atoms with Gasteiger partial charge in [-0.3, -0.25) is 0 Å². The van der Waals surface area contributed by atoms with Crippen molar-refractivity contribution in [2.75, 3.05) is 0 Å². The number of aromatic amines is 1. The zero-order chi connectivity index (χ0) is 12.4. The molecule has 0 radical (unpaired) electrons. The van der Waals surface area contributed by atoms with Gasteiger partial charge in [0.2, 0.25) is 0 Å². The number of hydrogen-bond donors (Lipinski definition) is 1. The number of halogens is 1. The summed E-state index contributed by atoms with van der Waals surface area (Å²) in [6, 6.07) is 4.42. The molecule has 0 aliphatic heterocycles. The molecule has 0 atom stereocenters. The van der Waals surface area contributed by atoms with Crippen LogP contribution in [-0.2, 0) is 6.42 Å². The molecular formula is C16H23IN2. The van der Waals surface area contributed by atoms with Gasteiger partial charge in [0.25, 0.3) is 0 Å². The van der Waals surface area contributed by atoms with Crippen molar-refractivity contribution in [1.82, 2.24) is 9.97 Å². The van der Waals surface area contributed by atoms with E-state index in [1.54, 1.807) is 0 Å². The first-order valence-electron chi connectivity index (χ1n) is 7.04. The molecule has 0 unspecified atom stereocenters. The van der Waals surface area contributed by atoms with Crippen LogP contribution in [0.5, 0.6) is 0 Å². The van der Waals surface area contributed by atoms with Crippen LogP contribution >= 0.6 is 24.0 Å². The highest BCUT2D eigenvalue weighted by Gasteiger charge is 2.10. The van der Waals surface area contributed by atoms with Gasteiger partial charge in [0, 0.05) is 18.7 Å². The second-order valence-corrected chi connectivity index (χ2v) is 5.10. The summed E-state index contributed by atoms with van der Waals surface area (Å²) < 4.78 is 0. The van der Waals surface area contributed by atoms with E-state index in [0.29, 0.717) is 0 Å². The van der Waals surface area contributed by atoms with Crippen molar-refractivity contribution in [3.63, 3.8) is 0 Å². The lowest BCUT2D eigenvalue weighted by Crippen LogP contribution is -1.84. The molecule has 3 rings (SSSR count). The standard InChI is InChI=1S/C16H20N2.HI.H2/c1-2-12-9-10-17-16-14(12)11-15(18-16)13-7-5-3-4-6-8-13;;/h7,9-11H,2-6,8H2,1H3,(H,17,18);2*1H. The van der Waals surface area contributed by atoms with Crippen LogP contribution in [0, 0.1) is 0 Å². The van der Waals surface area contributed by atoms with Crippen LogP contribution in [0.1, 0.15) is 51.7 Å². The molecule has 1 aliphatic carbocycles. The van der Waals surface area contributed by atoms with Crippen molar-refractivity contribution in [1.29, 1.82) is 0 Å². The summed E-state index contributed by atoms with van der Waals surface area (Å²) in [6.07, 6.45) is 11.8. The van der Waals surface area contributed by atoms with E-state index in [1.807, 2.05) is 6.20 Å². The third-order valence-corrected chi connectivity index (χ3v) is 3.89. The fraction of sp³-hybridized carbons (Fsp3) is 0.438. The molecule has 19 heavy (non-hydrogen) atoms. The van der Waals surface area contributed by atoms with Crippen molar-refractivity contribution < 1.29 is 1.43 Å². The van der Waals surface area contributed by atoms with Gasteiger partial charge in [0.15, 0.2) is 0 Å². The van der Waals surface area contributed by atoms with Crippen LogP contribution < -0.4 is 0 Å². The average molecular weight is 370 g/mol. The van der Waals surface area contributed by atoms with E-state index in [2.05, 4.69) is 35.1 Å². The topological polar surface area (TPSA) is 28.7 Å². The van der Waals surface area contributed by atoms with Crippen molar-refractivity contribution in [3.05, 3.63) is 35.7 Å². The van der Waals surface area contributed by atoms with Crippen molar-refractivity contribution in [3.8, 4) is 0 Å². The minimum atomic E-state index is 0. The number of aryl methyl sites for hydroxylation is 1. The van der Waals surface area contributed by atoms with Crippen LogP contribution in [0.3, 0.4) is 0 Å². The quantitative estimate of drug-likeness (QED) is 0.711. The van der Waals surface area contributed by atoms with E-state index >= 15 is 0 Å². The summed E-state index contributed by atoms with van der Waals surface area (Å²) in [7, 11) is 0. The number of nitrogens with zero attached hydrogens (tertiary/aromatic N) is 1. The SMILES string of the molecule is CCc1ccnc2[nH]c(C3=CCCCCC3)cc12.I.[HH]. The molecule has 2 aromatic heterocycles. The highest BCUT2D eigenvalue weighted by atomic mass is 127. The summed E-state index contributed by atoms with van der Waals surface area (Å²) >= 11 is 0. The molecule has 0 aromatic carbocycles. The normalized spacial score (nSPS) is 15.7. The summed E-state index contributed by atoms with van der Waals surface area (Å²) in [5, 5.41) is 1.29. The van der Waals surface area contributed by atoms with Gasteiger partial charge < -0.3 is 4.98 Å². The van der Waals surface area contributed by atoms with Gasteiger partial charge in [-0.1, -0.05) is 19.4 Å². The molecule has 3 heteroatoms. The Morgan fingerprint density at radius 3 is 3.05 bits per heavy atom. The fourth-order valence-electron chi connectivity index (χ4n) is 2.82. The molecule has 2 nitrogen and oxygen atoms in total. The maximum Gasteiger partial charge on any atom is 0.137 e. The van der Waals surface area contributed by atoms with Crippen LogP contribution in [0.4, 0.5) is 0 Å². The zero-order valence-electron chi connectivity index (χ0n) is 11.4. The highest BCUT2D eigenvalue weighted by molar-refractivity contribution is 14.0. The van der Waals surface area contributed by atoms with Crippen LogP contribution in [0.25, 0.3) is 16.6 Å². The second-order valence-electron chi connectivity index (χ2n) is 5.10. The molecule has 1 N–H and O–H groups in total. The summed E-state index contributed by atoms with van der Waals surface area (Å²) in [4.78, 5) is 7.93. The summed E-state index contributed by atoms with van der Waals surface area (Å²) in [5.41, 5.74) is 5.18. The maximum absolute atomic E-state index is 4.45. The lowest BCUT2D eigenvalue weighted by atomic mass is 10.1. The van der Waals surface area contributed by atoms with Gasteiger partial charge in [-0.25, -0.2) is 4.98 Å². The first-order valence-corrected chi connectivity index (χ1v) is 7.04. The molecule has 2 aromatic rings. The highest BCUT2D eigenvalue weighted by Crippen LogP contribution is 2.28. The largest absolute Gasteiger partial charge is 0.339 e. The maximum atomic E-state index is 4.45. The van der Waals surface area contributed by atoms with Crippen LogP contribution in [0.15, 0.2) is 24.4 Å². The summed E-state index contributed by atoms with van der Waals surface area (Å²) in [6.45, 7) is 2.20. The van der Waals surface area contributed by atoms with Gasteiger partial charge in [-0.15, -0.1) is 24.0 Å². The van der Waals surface area contributed by atoms with E-state index in [1.165, 1.54) is 54.3 Å². The van der Waals surface area contributed by atoms with Crippen molar-refractivity contribution >= 4 is 40.6 Å². The Labute approximate surface area is 133 Å². The number of aromatic nitrogens is 2. The predicted molar refractivity (Wildman–Crippen MR) is 94.1 cm³/mol. The van der Waals surface area contributed by atoms with Gasteiger partial charge in [-0.05, 0) is 55.4 Å². The van der Waals surface area contributed by atoms with E-state index < -0.39 is 0 Å². The number of nitrogens with one attached hydrogen (secondary N) is 1. The van der Waals surface area contributed by atoms with Gasteiger partial charge in [0.05, 0.1) is 0 Å². The van der Waals surface area contributed by atoms with E-state index in [-0.39, 0.29) is 25.4 Å². The van der Waals surface area contributed by atoms with E-state index in [9.17, 15) is 0 Å². The minimum Gasteiger partial charge on any atom is -0.339 e. The molecule has 104 valence electrons. The lowest BCUT2D eigenvalue weighted by molar-refractivity contribution is 0.720. The third-order valence-electron chi connectivity index (χ3n) is 3.89. The molecular weight excluding hydrogens is 347 g/mol. The molecule has 0 saturated carbocycles. The summed E-state index contributed by atoms with van der Waals surface area (Å²) in [5.74, 6) is 0. The molecule has 0 fully saturated rings.